The maximum Gasteiger partial charge on any atom is 0.195 e. The van der Waals surface area contributed by atoms with Crippen molar-refractivity contribution in [2.24, 2.45) is 0 Å². The monoisotopic (exact) mass is 350 g/mol. The maximum absolute atomic E-state index is 13.2. The predicted molar refractivity (Wildman–Crippen MR) is 98.7 cm³/mol. The van der Waals surface area contributed by atoms with Gasteiger partial charge in [0.2, 0.25) is 0 Å². The Balaban J connectivity index is 1.86. The Morgan fingerprint density at radius 1 is 1.00 bits per heavy atom. The molecule has 5 rings (SSSR count). The summed E-state index contributed by atoms with van der Waals surface area (Å²) in [6.07, 6.45) is 0. The summed E-state index contributed by atoms with van der Waals surface area (Å²) in [6.45, 7) is 2.89. The normalized spacial score (nSPS) is 16.2. The largest absolute Gasteiger partial charge is 0.378 e. The van der Waals surface area contributed by atoms with Gasteiger partial charge in [-0.15, -0.1) is 0 Å². The predicted octanol–water partition coefficient (Wildman–Crippen LogP) is 3.94. The molecule has 0 N–H and O–H groups in total. The van der Waals surface area contributed by atoms with E-state index < -0.39 is 0 Å². The van der Waals surface area contributed by atoms with Gasteiger partial charge < -0.3 is 9.64 Å². The van der Waals surface area contributed by atoms with Gasteiger partial charge in [-0.3, -0.25) is 4.79 Å². The molecule has 0 radical (unpaired) electrons. The van der Waals surface area contributed by atoms with Gasteiger partial charge in [-0.2, -0.15) is 0 Å². The molecule has 2 aliphatic rings. The number of ether oxygens (including phenoxy) is 1. The summed E-state index contributed by atoms with van der Waals surface area (Å²) < 4.78 is 5.48. The van der Waals surface area contributed by atoms with Gasteiger partial charge in [-0.05, 0) is 23.8 Å². The molecule has 1 aliphatic carbocycles. The fourth-order valence-electron chi connectivity index (χ4n) is 3.75. The molecule has 0 bridgehead atoms. The van der Waals surface area contributed by atoms with Crippen molar-refractivity contribution in [1.82, 2.24) is 4.98 Å². The van der Waals surface area contributed by atoms with Crippen LogP contribution in [0.1, 0.15) is 15.9 Å². The lowest BCUT2D eigenvalue weighted by molar-refractivity contribution is 0.104. The first-order chi connectivity index (χ1) is 12.2. The number of anilines is 1. The first kappa shape index (κ1) is 14.9. The first-order valence-electron chi connectivity index (χ1n) is 8.34. The third-order valence-corrected chi connectivity index (χ3v) is 5.14. The molecule has 0 spiro atoms. The smallest absolute Gasteiger partial charge is 0.195 e. The van der Waals surface area contributed by atoms with Crippen LogP contribution in [0.25, 0.3) is 22.0 Å². The molecule has 0 atom stereocenters. The zero-order chi connectivity index (χ0) is 17.0. The second-order valence-electron chi connectivity index (χ2n) is 6.32. The molecule has 1 aromatic heterocycles. The van der Waals surface area contributed by atoms with E-state index in [0.717, 1.165) is 46.5 Å². The van der Waals surface area contributed by atoms with Crippen LogP contribution in [0.2, 0.25) is 5.02 Å². The quantitative estimate of drug-likeness (QED) is 0.521. The molecule has 3 aromatic rings. The standard InChI is InChI=1S/C20H15ClN2O2/c21-12-5-6-13-15(11-12)19(24)17-14-3-1-2-4-16(14)22-20(18(13)17)23-7-9-25-10-8-23/h1-6,11H,7-10H2. The van der Waals surface area contributed by atoms with E-state index in [0.29, 0.717) is 23.8 Å². The number of fused-ring (bicyclic) bond motifs is 5. The van der Waals surface area contributed by atoms with Crippen LogP contribution in [-0.2, 0) is 4.74 Å². The van der Waals surface area contributed by atoms with Gasteiger partial charge in [-0.25, -0.2) is 4.98 Å². The van der Waals surface area contributed by atoms with Gasteiger partial charge in [0.15, 0.2) is 5.78 Å². The summed E-state index contributed by atoms with van der Waals surface area (Å²) >= 11 is 6.14. The number of carbonyl (C=O) groups is 1. The number of rotatable bonds is 1. The maximum atomic E-state index is 13.2. The second kappa shape index (κ2) is 5.55. The van der Waals surface area contributed by atoms with Crippen LogP contribution in [0.15, 0.2) is 42.5 Å². The van der Waals surface area contributed by atoms with E-state index >= 15 is 0 Å². The molecule has 5 heteroatoms. The molecule has 0 unspecified atom stereocenters. The number of nitrogens with zero attached hydrogens (tertiary/aromatic N) is 2. The number of aromatic nitrogens is 1. The Morgan fingerprint density at radius 2 is 1.80 bits per heavy atom. The topological polar surface area (TPSA) is 42.4 Å². The molecule has 4 nitrogen and oxygen atoms in total. The van der Waals surface area contributed by atoms with E-state index in [4.69, 9.17) is 21.3 Å². The highest BCUT2D eigenvalue weighted by molar-refractivity contribution is 6.33. The lowest BCUT2D eigenvalue weighted by Crippen LogP contribution is -2.37. The molecule has 25 heavy (non-hydrogen) atoms. The molecular weight excluding hydrogens is 336 g/mol. The van der Waals surface area contributed by atoms with E-state index in [2.05, 4.69) is 4.90 Å². The Kier molecular flexibility index (Phi) is 3.30. The van der Waals surface area contributed by atoms with E-state index in [1.54, 1.807) is 6.07 Å². The molecule has 1 saturated heterocycles. The van der Waals surface area contributed by atoms with Crippen molar-refractivity contribution in [3.8, 4) is 11.1 Å². The van der Waals surface area contributed by atoms with E-state index in [-0.39, 0.29) is 5.78 Å². The van der Waals surface area contributed by atoms with Gasteiger partial charge in [0.1, 0.15) is 5.82 Å². The van der Waals surface area contributed by atoms with Crippen molar-refractivity contribution in [3.63, 3.8) is 0 Å². The van der Waals surface area contributed by atoms with Crippen LogP contribution in [0.4, 0.5) is 5.82 Å². The number of halogens is 1. The van der Waals surface area contributed by atoms with Crippen molar-refractivity contribution in [1.29, 1.82) is 0 Å². The Hall–Kier alpha value is -2.43. The number of ketones is 1. The van der Waals surface area contributed by atoms with Crippen LogP contribution in [0.3, 0.4) is 0 Å². The van der Waals surface area contributed by atoms with Crippen molar-refractivity contribution in [2.45, 2.75) is 0 Å². The minimum atomic E-state index is 0.0283. The average molecular weight is 351 g/mol. The van der Waals surface area contributed by atoms with E-state index in [1.165, 1.54) is 0 Å². The molecule has 2 heterocycles. The van der Waals surface area contributed by atoms with Gasteiger partial charge >= 0.3 is 0 Å². The van der Waals surface area contributed by atoms with Crippen LogP contribution in [0.5, 0.6) is 0 Å². The fraction of sp³-hybridized carbons (Fsp3) is 0.200. The lowest BCUT2D eigenvalue weighted by Gasteiger charge is -2.30. The second-order valence-corrected chi connectivity index (χ2v) is 6.76. The summed E-state index contributed by atoms with van der Waals surface area (Å²) in [4.78, 5) is 20.3. The zero-order valence-electron chi connectivity index (χ0n) is 13.5. The van der Waals surface area contributed by atoms with Gasteiger partial charge in [0, 0.05) is 40.2 Å². The van der Waals surface area contributed by atoms with Crippen LogP contribution >= 0.6 is 11.6 Å². The number of hydrogen-bond acceptors (Lipinski definition) is 4. The average Bonchev–Trinajstić information content (AvgIpc) is 2.95. The molecule has 124 valence electrons. The summed E-state index contributed by atoms with van der Waals surface area (Å²) in [5, 5.41) is 1.47. The number of pyridine rings is 1. The van der Waals surface area contributed by atoms with Crippen LogP contribution < -0.4 is 4.90 Å². The van der Waals surface area contributed by atoms with Gasteiger partial charge in [0.05, 0.1) is 18.7 Å². The Bertz CT molecular complexity index is 1030. The Morgan fingerprint density at radius 3 is 2.64 bits per heavy atom. The number of benzene rings is 2. The summed E-state index contributed by atoms with van der Waals surface area (Å²) in [5.41, 5.74) is 4.09. The molecular formula is C20H15ClN2O2. The minimum Gasteiger partial charge on any atom is -0.378 e. The van der Waals surface area contributed by atoms with Crippen molar-refractivity contribution in [3.05, 3.63) is 58.6 Å². The minimum absolute atomic E-state index is 0.0283. The highest BCUT2D eigenvalue weighted by Gasteiger charge is 2.34. The van der Waals surface area contributed by atoms with Crippen molar-refractivity contribution in [2.75, 3.05) is 31.2 Å². The molecule has 1 aliphatic heterocycles. The molecule has 2 aromatic carbocycles. The number of carbonyl (C=O) groups excluding carboxylic acids is 1. The summed E-state index contributed by atoms with van der Waals surface area (Å²) in [7, 11) is 0. The number of para-hydroxylation sites is 1. The van der Waals surface area contributed by atoms with Gasteiger partial charge in [0.25, 0.3) is 0 Å². The number of hydrogen-bond donors (Lipinski definition) is 0. The molecule has 0 amide bonds. The SMILES string of the molecule is O=C1c2cc(Cl)ccc2-c2c(N3CCOCC3)nc3ccccc3c21. The van der Waals surface area contributed by atoms with Crippen molar-refractivity contribution >= 4 is 34.1 Å². The van der Waals surface area contributed by atoms with Crippen molar-refractivity contribution < 1.29 is 9.53 Å². The third-order valence-electron chi connectivity index (χ3n) is 4.91. The summed E-state index contributed by atoms with van der Waals surface area (Å²) in [5.74, 6) is 0.895. The highest BCUT2D eigenvalue weighted by Crippen LogP contribution is 2.45. The number of morpholine rings is 1. The molecule has 1 fully saturated rings. The fourth-order valence-corrected chi connectivity index (χ4v) is 3.92. The summed E-state index contributed by atoms with van der Waals surface area (Å²) in [6, 6.07) is 13.4. The van der Waals surface area contributed by atoms with E-state index in [9.17, 15) is 4.79 Å². The van der Waals surface area contributed by atoms with Crippen LogP contribution in [0, 0.1) is 0 Å². The Labute approximate surface area is 150 Å². The van der Waals surface area contributed by atoms with Gasteiger partial charge in [-0.1, -0.05) is 35.9 Å². The lowest BCUT2D eigenvalue weighted by atomic mass is 10.0. The molecule has 0 saturated carbocycles. The van der Waals surface area contributed by atoms with E-state index in [1.807, 2.05) is 36.4 Å². The zero-order valence-corrected chi connectivity index (χ0v) is 14.2. The third kappa shape index (κ3) is 2.18. The first-order valence-corrected chi connectivity index (χ1v) is 8.72. The highest BCUT2D eigenvalue weighted by atomic mass is 35.5. The van der Waals surface area contributed by atoms with Crippen LogP contribution in [-0.4, -0.2) is 37.1 Å².